The number of aliphatic imine (C=N–C) groups is 1. The third kappa shape index (κ3) is 3.22. The molecule has 0 aliphatic carbocycles. The van der Waals surface area contributed by atoms with Crippen LogP contribution in [0, 0.1) is 6.92 Å². The standard InChI is InChI=1S/C15H20N4O2/c1-9-4-5-11(12(16)6-9)13-7-15(21)19(10(2)18-13)8-14(20)17-3/h4-7,15,21H,8,16H2,1-3H3,(H,17,20). The zero-order chi connectivity index (χ0) is 15.6. The molecule has 1 atom stereocenters. The highest BCUT2D eigenvalue weighted by Crippen LogP contribution is 2.27. The molecule has 0 bridgehead atoms. The van der Waals surface area contributed by atoms with Gasteiger partial charge in [0.05, 0.1) is 5.70 Å². The van der Waals surface area contributed by atoms with Gasteiger partial charge in [0.15, 0.2) is 0 Å². The molecule has 112 valence electrons. The number of nitrogens with one attached hydrogen (secondary N) is 1. The summed E-state index contributed by atoms with van der Waals surface area (Å²) in [4.78, 5) is 17.4. The monoisotopic (exact) mass is 288 g/mol. The third-order valence-electron chi connectivity index (χ3n) is 3.40. The quantitative estimate of drug-likeness (QED) is 0.715. The Bertz CT molecular complexity index is 622. The summed E-state index contributed by atoms with van der Waals surface area (Å²) < 4.78 is 0. The summed E-state index contributed by atoms with van der Waals surface area (Å²) in [6, 6.07) is 5.69. The van der Waals surface area contributed by atoms with E-state index in [2.05, 4.69) is 10.3 Å². The van der Waals surface area contributed by atoms with Gasteiger partial charge in [0.1, 0.15) is 18.6 Å². The first kappa shape index (κ1) is 15.1. The number of carbonyl (C=O) groups excluding carboxylic acids is 1. The average Bonchev–Trinajstić information content (AvgIpc) is 2.42. The van der Waals surface area contributed by atoms with Crippen LogP contribution in [-0.4, -0.2) is 41.6 Å². The molecule has 2 rings (SSSR count). The number of aliphatic hydroxyl groups excluding tert-OH is 1. The highest BCUT2D eigenvalue weighted by Gasteiger charge is 2.23. The second-order valence-corrected chi connectivity index (χ2v) is 5.02. The number of amides is 1. The van der Waals surface area contributed by atoms with Crippen LogP contribution in [0.5, 0.6) is 0 Å². The van der Waals surface area contributed by atoms with Crippen LogP contribution in [0.15, 0.2) is 29.3 Å². The highest BCUT2D eigenvalue weighted by atomic mass is 16.3. The molecule has 1 aromatic carbocycles. The molecule has 1 aromatic rings. The number of aryl methyl sites for hydroxylation is 1. The van der Waals surface area contributed by atoms with Crippen LogP contribution in [-0.2, 0) is 4.79 Å². The van der Waals surface area contributed by atoms with Crippen LogP contribution < -0.4 is 11.1 Å². The van der Waals surface area contributed by atoms with E-state index in [1.165, 1.54) is 4.90 Å². The van der Waals surface area contributed by atoms with Crippen molar-refractivity contribution in [3.63, 3.8) is 0 Å². The van der Waals surface area contributed by atoms with Gasteiger partial charge in [-0.1, -0.05) is 12.1 Å². The largest absolute Gasteiger partial charge is 0.398 e. The Labute approximate surface area is 124 Å². The minimum atomic E-state index is -0.907. The maximum Gasteiger partial charge on any atom is 0.239 e. The van der Waals surface area contributed by atoms with E-state index in [-0.39, 0.29) is 12.5 Å². The van der Waals surface area contributed by atoms with Gasteiger partial charge in [0.2, 0.25) is 5.91 Å². The van der Waals surface area contributed by atoms with Crippen molar-refractivity contribution in [2.45, 2.75) is 20.1 Å². The average molecular weight is 288 g/mol. The number of hydrogen-bond donors (Lipinski definition) is 3. The zero-order valence-corrected chi connectivity index (χ0v) is 12.4. The molecule has 6 heteroatoms. The molecule has 0 radical (unpaired) electrons. The van der Waals surface area contributed by atoms with Crippen LogP contribution >= 0.6 is 0 Å². The number of likely N-dealkylation sites (N-methyl/N-ethyl adjacent to an activating group) is 1. The van der Waals surface area contributed by atoms with Gasteiger partial charge in [-0.2, -0.15) is 0 Å². The molecule has 1 unspecified atom stereocenters. The van der Waals surface area contributed by atoms with Gasteiger partial charge < -0.3 is 21.1 Å². The number of carbonyl (C=O) groups is 1. The van der Waals surface area contributed by atoms with Gasteiger partial charge in [-0.25, -0.2) is 4.99 Å². The predicted molar refractivity (Wildman–Crippen MR) is 83.5 cm³/mol. The molecule has 0 spiro atoms. The first-order valence-electron chi connectivity index (χ1n) is 6.71. The number of nitrogen functional groups attached to an aromatic ring is 1. The lowest BCUT2D eigenvalue weighted by molar-refractivity contribution is -0.122. The highest BCUT2D eigenvalue weighted by molar-refractivity contribution is 5.93. The number of anilines is 1. The molecule has 1 aliphatic rings. The Morgan fingerprint density at radius 3 is 2.76 bits per heavy atom. The fourth-order valence-corrected chi connectivity index (χ4v) is 2.21. The van der Waals surface area contributed by atoms with Crippen LogP contribution in [0.25, 0.3) is 5.70 Å². The first-order chi connectivity index (χ1) is 9.92. The minimum absolute atomic E-state index is 0.0557. The number of amidine groups is 1. The number of nitrogens with two attached hydrogens (primary N) is 1. The Balaban J connectivity index is 2.29. The maximum absolute atomic E-state index is 11.5. The third-order valence-corrected chi connectivity index (χ3v) is 3.40. The number of benzene rings is 1. The Hall–Kier alpha value is -2.34. The van der Waals surface area contributed by atoms with E-state index in [0.717, 1.165) is 11.1 Å². The summed E-state index contributed by atoms with van der Waals surface area (Å²) in [5, 5.41) is 12.7. The van der Waals surface area contributed by atoms with Crippen molar-refractivity contribution in [3.8, 4) is 0 Å². The lowest BCUT2D eigenvalue weighted by atomic mass is 10.1. The van der Waals surface area contributed by atoms with Crippen LogP contribution in [0.2, 0.25) is 0 Å². The number of hydrogen-bond acceptors (Lipinski definition) is 5. The molecule has 21 heavy (non-hydrogen) atoms. The van der Waals surface area contributed by atoms with Crippen molar-refractivity contribution in [3.05, 3.63) is 35.4 Å². The lowest BCUT2D eigenvalue weighted by Crippen LogP contribution is -2.45. The first-order valence-corrected chi connectivity index (χ1v) is 6.71. The molecular weight excluding hydrogens is 268 g/mol. The van der Waals surface area contributed by atoms with Gasteiger partial charge in [0, 0.05) is 18.3 Å². The Kier molecular flexibility index (Phi) is 4.28. The maximum atomic E-state index is 11.5. The van der Waals surface area contributed by atoms with E-state index in [9.17, 15) is 9.90 Å². The second kappa shape index (κ2) is 5.97. The molecular formula is C15H20N4O2. The van der Waals surface area contributed by atoms with E-state index in [1.807, 2.05) is 25.1 Å². The van der Waals surface area contributed by atoms with Crippen molar-refractivity contribution < 1.29 is 9.90 Å². The normalized spacial score (nSPS) is 18.1. The van der Waals surface area contributed by atoms with E-state index in [1.54, 1.807) is 20.0 Å². The van der Waals surface area contributed by atoms with E-state index < -0.39 is 6.23 Å². The molecule has 0 fully saturated rings. The van der Waals surface area contributed by atoms with Gasteiger partial charge in [-0.05, 0) is 31.6 Å². The predicted octanol–water partition coefficient (Wildman–Crippen LogP) is 0.717. The summed E-state index contributed by atoms with van der Waals surface area (Å²) >= 11 is 0. The molecule has 1 heterocycles. The lowest BCUT2D eigenvalue weighted by Gasteiger charge is -2.30. The summed E-state index contributed by atoms with van der Waals surface area (Å²) in [5.41, 5.74) is 9.08. The molecule has 1 aliphatic heterocycles. The van der Waals surface area contributed by atoms with Crippen molar-refractivity contribution in [1.29, 1.82) is 0 Å². The molecule has 6 nitrogen and oxygen atoms in total. The molecule has 0 saturated heterocycles. The van der Waals surface area contributed by atoms with E-state index >= 15 is 0 Å². The molecule has 0 saturated carbocycles. The summed E-state index contributed by atoms with van der Waals surface area (Å²) in [7, 11) is 1.55. The van der Waals surface area contributed by atoms with Gasteiger partial charge >= 0.3 is 0 Å². The van der Waals surface area contributed by atoms with E-state index in [4.69, 9.17) is 5.73 Å². The van der Waals surface area contributed by atoms with Crippen molar-refractivity contribution in [2.75, 3.05) is 19.3 Å². The molecule has 0 aromatic heterocycles. The smallest absolute Gasteiger partial charge is 0.239 e. The van der Waals surface area contributed by atoms with Crippen molar-refractivity contribution >= 4 is 23.1 Å². The SMILES string of the molecule is CNC(=O)CN1C(C)=NC(c2ccc(C)cc2N)=CC1O. The fourth-order valence-electron chi connectivity index (χ4n) is 2.21. The van der Waals surface area contributed by atoms with E-state index in [0.29, 0.717) is 17.2 Å². The number of rotatable bonds is 3. The fraction of sp³-hybridized carbons (Fsp3) is 0.333. The van der Waals surface area contributed by atoms with Gasteiger partial charge in [0.25, 0.3) is 0 Å². The number of nitrogens with zero attached hydrogens (tertiary/aromatic N) is 2. The Morgan fingerprint density at radius 2 is 2.19 bits per heavy atom. The molecule has 4 N–H and O–H groups in total. The van der Waals surface area contributed by atoms with Crippen LogP contribution in [0.3, 0.4) is 0 Å². The second-order valence-electron chi connectivity index (χ2n) is 5.02. The topological polar surface area (TPSA) is 91.0 Å². The minimum Gasteiger partial charge on any atom is -0.398 e. The Morgan fingerprint density at radius 1 is 1.48 bits per heavy atom. The number of aliphatic hydroxyl groups is 1. The summed E-state index contributed by atoms with van der Waals surface area (Å²) in [6.07, 6.45) is 0.687. The van der Waals surface area contributed by atoms with Gasteiger partial charge in [-0.15, -0.1) is 0 Å². The molecule has 1 amide bonds. The van der Waals surface area contributed by atoms with Gasteiger partial charge in [-0.3, -0.25) is 4.79 Å². The van der Waals surface area contributed by atoms with Crippen LogP contribution in [0.4, 0.5) is 5.69 Å². The zero-order valence-electron chi connectivity index (χ0n) is 12.4. The summed E-state index contributed by atoms with van der Waals surface area (Å²) in [5.74, 6) is 0.388. The van der Waals surface area contributed by atoms with Crippen molar-refractivity contribution in [2.24, 2.45) is 4.99 Å². The summed E-state index contributed by atoms with van der Waals surface area (Å²) in [6.45, 7) is 3.77. The van der Waals surface area contributed by atoms with Crippen LogP contribution in [0.1, 0.15) is 18.1 Å². The van der Waals surface area contributed by atoms with Crippen molar-refractivity contribution in [1.82, 2.24) is 10.2 Å².